The highest BCUT2D eigenvalue weighted by Crippen LogP contribution is 2.30. The zero-order valence-corrected chi connectivity index (χ0v) is 9.73. The molecule has 1 fully saturated rings. The van der Waals surface area contributed by atoms with Crippen LogP contribution in [0.5, 0.6) is 0 Å². The first kappa shape index (κ1) is 10.7. The predicted molar refractivity (Wildman–Crippen MR) is 62.7 cm³/mol. The molecule has 0 amide bonds. The molecule has 1 aliphatic carbocycles. The van der Waals surface area contributed by atoms with E-state index in [9.17, 15) is 0 Å². The van der Waals surface area contributed by atoms with Gasteiger partial charge in [-0.2, -0.15) is 0 Å². The quantitative estimate of drug-likeness (QED) is 0.719. The third-order valence-electron chi connectivity index (χ3n) is 3.83. The molecule has 15 heavy (non-hydrogen) atoms. The lowest BCUT2D eigenvalue weighted by Crippen LogP contribution is -2.16. The fraction of sp³-hybridized carbons (Fsp3) is 0.769. The van der Waals surface area contributed by atoms with Gasteiger partial charge in [-0.05, 0) is 25.7 Å². The van der Waals surface area contributed by atoms with E-state index >= 15 is 0 Å². The van der Waals surface area contributed by atoms with Crippen LogP contribution in [0.4, 0.5) is 0 Å². The van der Waals surface area contributed by atoms with E-state index in [4.69, 9.17) is 0 Å². The lowest BCUT2D eigenvalue weighted by Gasteiger charge is -2.26. The second-order valence-corrected chi connectivity index (χ2v) is 4.86. The van der Waals surface area contributed by atoms with E-state index < -0.39 is 0 Å². The van der Waals surface area contributed by atoms with Crippen LogP contribution in [-0.4, -0.2) is 9.55 Å². The van der Waals surface area contributed by atoms with Gasteiger partial charge in [0.2, 0.25) is 0 Å². The molecule has 0 radical (unpaired) electrons. The Kier molecular flexibility index (Phi) is 3.81. The average Bonchev–Trinajstić information content (AvgIpc) is 2.68. The van der Waals surface area contributed by atoms with Crippen LogP contribution in [0.1, 0.15) is 57.9 Å². The van der Waals surface area contributed by atoms with Gasteiger partial charge in [0, 0.05) is 18.4 Å². The van der Waals surface area contributed by atoms with E-state index in [1.807, 2.05) is 12.5 Å². The zero-order chi connectivity index (χ0) is 10.5. The molecule has 0 saturated heterocycles. The van der Waals surface area contributed by atoms with Gasteiger partial charge in [-0.15, -0.1) is 0 Å². The fourth-order valence-electron chi connectivity index (χ4n) is 2.72. The Morgan fingerprint density at radius 3 is 2.40 bits per heavy atom. The molecule has 1 aliphatic rings. The van der Waals surface area contributed by atoms with Crippen molar-refractivity contribution in [3.8, 4) is 0 Å². The summed E-state index contributed by atoms with van der Waals surface area (Å²) in [5, 5.41) is 0. The standard InChI is InChI=1S/C13H22N2/c1-12(15-10-9-14-11-15)13-7-5-3-2-4-6-8-13/h9-13H,2-8H2,1H3. The molecule has 1 aromatic heterocycles. The topological polar surface area (TPSA) is 17.8 Å². The summed E-state index contributed by atoms with van der Waals surface area (Å²) in [6.45, 7) is 2.34. The van der Waals surface area contributed by atoms with Gasteiger partial charge in [-0.25, -0.2) is 4.98 Å². The van der Waals surface area contributed by atoms with Gasteiger partial charge < -0.3 is 4.57 Å². The molecule has 84 valence electrons. The Morgan fingerprint density at radius 1 is 1.13 bits per heavy atom. The van der Waals surface area contributed by atoms with Crippen LogP contribution >= 0.6 is 0 Å². The predicted octanol–water partition coefficient (Wildman–Crippen LogP) is 3.80. The van der Waals surface area contributed by atoms with Gasteiger partial charge >= 0.3 is 0 Å². The van der Waals surface area contributed by atoms with E-state index in [-0.39, 0.29) is 0 Å². The third kappa shape index (κ3) is 2.83. The van der Waals surface area contributed by atoms with Crippen molar-refractivity contribution in [1.82, 2.24) is 9.55 Å². The first-order valence-corrected chi connectivity index (χ1v) is 6.35. The number of hydrogen-bond donors (Lipinski definition) is 0. The number of nitrogens with zero attached hydrogens (tertiary/aromatic N) is 2. The van der Waals surface area contributed by atoms with Gasteiger partial charge in [-0.1, -0.05) is 32.1 Å². The minimum atomic E-state index is 0.630. The first-order chi connectivity index (χ1) is 7.38. The lowest BCUT2D eigenvalue weighted by atomic mass is 9.86. The maximum atomic E-state index is 4.14. The van der Waals surface area contributed by atoms with Crippen molar-refractivity contribution in [2.75, 3.05) is 0 Å². The molecular weight excluding hydrogens is 184 g/mol. The molecule has 1 heterocycles. The Morgan fingerprint density at radius 2 is 1.80 bits per heavy atom. The van der Waals surface area contributed by atoms with Crippen LogP contribution in [-0.2, 0) is 0 Å². The molecule has 1 aromatic rings. The van der Waals surface area contributed by atoms with Gasteiger partial charge in [-0.3, -0.25) is 0 Å². The molecule has 0 spiro atoms. The van der Waals surface area contributed by atoms with Crippen molar-refractivity contribution in [1.29, 1.82) is 0 Å². The molecule has 2 heteroatoms. The van der Waals surface area contributed by atoms with E-state index in [0.717, 1.165) is 5.92 Å². The largest absolute Gasteiger partial charge is 0.334 e. The van der Waals surface area contributed by atoms with Gasteiger partial charge in [0.15, 0.2) is 0 Å². The summed E-state index contributed by atoms with van der Waals surface area (Å²) in [5.41, 5.74) is 0. The highest BCUT2D eigenvalue weighted by molar-refractivity contribution is 4.82. The second kappa shape index (κ2) is 5.34. The fourth-order valence-corrected chi connectivity index (χ4v) is 2.72. The third-order valence-corrected chi connectivity index (χ3v) is 3.83. The highest BCUT2D eigenvalue weighted by Gasteiger charge is 2.18. The summed E-state index contributed by atoms with van der Waals surface area (Å²) in [7, 11) is 0. The average molecular weight is 206 g/mol. The van der Waals surface area contributed by atoms with Crippen molar-refractivity contribution in [3.63, 3.8) is 0 Å². The van der Waals surface area contributed by atoms with E-state index in [0.29, 0.717) is 6.04 Å². The Bertz CT molecular complexity index is 258. The molecular formula is C13H22N2. The minimum Gasteiger partial charge on any atom is -0.334 e. The molecule has 0 aliphatic heterocycles. The molecule has 2 nitrogen and oxygen atoms in total. The van der Waals surface area contributed by atoms with E-state index in [2.05, 4.69) is 22.7 Å². The maximum Gasteiger partial charge on any atom is 0.0948 e. The first-order valence-electron chi connectivity index (χ1n) is 6.35. The minimum absolute atomic E-state index is 0.630. The van der Waals surface area contributed by atoms with Crippen LogP contribution in [0, 0.1) is 5.92 Å². The van der Waals surface area contributed by atoms with Crippen LogP contribution in [0.2, 0.25) is 0 Å². The summed E-state index contributed by atoms with van der Waals surface area (Å²) in [6, 6.07) is 0.630. The van der Waals surface area contributed by atoms with Crippen molar-refractivity contribution in [2.24, 2.45) is 5.92 Å². The molecule has 1 atom stereocenters. The summed E-state index contributed by atoms with van der Waals surface area (Å²) in [6.07, 6.45) is 15.9. The lowest BCUT2D eigenvalue weighted by molar-refractivity contribution is 0.280. The molecule has 0 N–H and O–H groups in total. The number of hydrogen-bond acceptors (Lipinski definition) is 1. The second-order valence-electron chi connectivity index (χ2n) is 4.86. The van der Waals surface area contributed by atoms with Crippen molar-refractivity contribution in [2.45, 2.75) is 57.9 Å². The smallest absolute Gasteiger partial charge is 0.0948 e. The molecule has 1 unspecified atom stereocenters. The van der Waals surface area contributed by atoms with Gasteiger partial charge in [0.25, 0.3) is 0 Å². The summed E-state index contributed by atoms with van der Waals surface area (Å²) < 4.78 is 2.27. The van der Waals surface area contributed by atoms with E-state index in [1.54, 1.807) is 0 Å². The van der Waals surface area contributed by atoms with Gasteiger partial charge in [0.05, 0.1) is 6.33 Å². The number of rotatable bonds is 2. The SMILES string of the molecule is CC(C1CCCCCCC1)n1ccnc1. The normalized spacial score (nSPS) is 21.9. The molecule has 2 rings (SSSR count). The molecule has 0 aromatic carbocycles. The van der Waals surface area contributed by atoms with Crippen molar-refractivity contribution in [3.05, 3.63) is 18.7 Å². The Balaban J connectivity index is 1.95. The number of imidazole rings is 1. The van der Waals surface area contributed by atoms with Crippen LogP contribution < -0.4 is 0 Å². The summed E-state index contributed by atoms with van der Waals surface area (Å²) >= 11 is 0. The highest BCUT2D eigenvalue weighted by atomic mass is 15.0. The van der Waals surface area contributed by atoms with Crippen LogP contribution in [0.3, 0.4) is 0 Å². The number of aromatic nitrogens is 2. The van der Waals surface area contributed by atoms with Crippen LogP contribution in [0.25, 0.3) is 0 Å². The Labute approximate surface area is 92.7 Å². The zero-order valence-electron chi connectivity index (χ0n) is 9.73. The van der Waals surface area contributed by atoms with Crippen molar-refractivity contribution >= 4 is 0 Å². The monoisotopic (exact) mass is 206 g/mol. The molecule has 1 saturated carbocycles. The summed E-state index contributed by atoms with van der Waals surface area (Å²) in [5.74, 6) is 0.861. The Hall–Kier alpha value is -0.790. The summed E-state index contributed by atoms with van der Waals surface area (Å²) in [4.78, 5) is 4.14. The molecule has 0 bridgehead atoms. The maximum absolute atomic E-state index is 4.14. The van der Waals surface area contributed by atoms with Crippen molar-refractivity contribution < 1.29 is 0 Å². The van der Waals surface area contributed by atoms with Crippen LogP contribution in [0.15, 0.2) is 18.7 Å². The van der Waals surface area contributed by atoms with Gasteiger partial charge in [0.1, 0.15) is 0 Å². The van der Waals surface area contributed by atoms with E-state index in [1.165, 1.54) is 44.9 Å².